The molecule has 2 aromatic rings. The van der Waals surface area contributed by atoms with Gasteiger partial charge in [-0.25, -0.2) is 0 Å². The van der Waals surface area contributed by atoms with Crippen molar-refractivity contribution < 1.29 is 22.4 Å². The lowest BCUT2D eigenvalue weighted by Gasteiger charge is -2.33. The van der Waals surface area contributed by atoms with Gasteiger partial charge in [-0.3, -0.25) is 14.7 Å². The molecule has 1 N–H and O–H groups in total. The van der Waals surface area contributed by atoms with Gasteiger partial charge in [0.15, 0.2) is 0 Å². The molecule has 146 valence electrons. The average Bonchev–Trinajstić information content (AvgIpc) is 3.10. The number of halogens is 3. The Bertz CT molecular complexity index is 769. The van der Waals surface area contributed by atoms with Gasteiger partial charge >= 0.3 is 18.0 Å². The van der Waals surface area contributed by atoms with Gasteiger partial charge in [-0.05, 0) is 18.7 Å². The molecule has 0 atom stereocenters. The van der Waals surface area contributed by atoms with Crippen molar-refractivity contribution in [3.63, 3.8) is 0 Å². The van der Waals surface area contributed by atoms with Crippen molar-refractivity contribution >= 4 is 5.91 Å². The summed E-state index contributed by atoms with van der Waals surface area (Å²) in [4.78, 5) is 19.5. The molecular formula is C16H19F3N6O2. The van der Waals surface area contributed by atoms with E-state index >= 15 is 0 Å². The van der Waals surface area contributed by atoms with E-state index in [0.29, 0.717) is 50.7 Å². The third kappa shape index (κ3) is 4.80. The van der Waals surface area contributed by atoms with E-state index in [2.05, 4.69) is 20.5 Å². The van der Waals surface area contributed by atoms with Crippen molar-refractivity contribution in [2.24, 2.45) is 0 Å². The largest absolute Gasteiger partial charge is 0.433 e. The van der Waals surface area contributed by atoms with Crippen molar-refractivity contribution in [3.8, 4) is 0 Å². The maximum absolute atomic E-state index is 12.6. The number of carbonyl (C=O) groups excluding carboxylic acids is 1. The molecule has 0 aliphatic carbocycles. The van der Waals surface area contributed by atoms with Crippen molar-refractivity contribution in [2.45, 2.75) is 19.3 Å². The molecular weight excluding hydrogens is 365 g/mol. The van der Waals surface area contributed by atoms with Gasteiger partial charge in [0, 0.05) is 38.9 Å². The fourth-order valence-electron chi connectivity index (χ4n) is 2.75. The number of aromatic nitrogens is 3. The number of rotatable bonds is 5. The molecule has 1 aliphatic heterocycles. The van der Waals surface area contributed by atoms with E-state index in [-0.39, 0.29) is 11.8 Å². The maximum atomic E-state index is 12.6. The predicted molar refractivity (Wildman–Crippen MR) is 87.5 cm³/mol. The Balaban J connectivity index is 1.51. The van der Waals surface area contributed by atoms with E-state index in [0.717, 1.165) is 6.07 Å². The molecule has 1 amide bonds. The van der Waals surface area contributed by atoms with E-state index in [1.807, 2.05) is 4.90 Å². The van der Waals surface area contributed by atoms with E-state index in [1.54, 1.807) is 11.9 Å². The Hall–Kier alpha value is -2.53. The molecule has 1 aliphatic rings. The normalized spacial score (nSPS) is 15.9. The smallest absolute Gasteiger partial charge is 0.415 e. The number of hydrogen-bond donors (Lipinski definition) is 1. The number of nitrogens with zero attached hydrogens (tertiary/aromatic N) is 5. The van der Waals surface area contributed by atoms with Crippen LogP contribution in [0.25, 0.3) is 0 Å². The SMILES string of the molecule is CNCc1nnc(C(=O)N2CCN(Cc3ccc(C(F)(F)F)nc3)CC2)o1. The molecule has 1 saturated heterocycles. The second-order valence-corrected chi connectivity index (χ2v) is 6.15. The highest BCUT2D eigenvalue weighted by molar-refractivity contribution is 5.89. The van der Waals surface area contributed by atoms with Gasteiger partial charge in [0.1, 0.15) is 5.69 Å². The first-order valence-electron chi connectivity index (χ1n) is 8.37. The lowest BCUT2D eigenvalue weighted by molar-refractivity contribution is -0.141. The van der Waals surface area contributed by atoms with Gasteiger partial charge in [0.25, 0.3) is 0 Å². The van der Waals surface area contributed by atoms with Crippen LogP contribution < -0.4 is 5.32 Å². The highest BCUT2D eigenvalue weighted by Gasteiger charge is 2.32. The Morgan fingerprint density at radius 1 is 1.22 bits per heavy atom. The first-order chi connectivity index (χ1) is 12.9. The summed E-state index contributed by atoms with van der Waals surface area (Å²) < 4.78 is 43.0. The molecule has 27 heavy (non-hydrogen) atoms. The van der Waals surface area contributed by atoms with Crippen LogP contribution in [0.4, 0.5) is 13.2 Å². The van der Waals surface area contributed by atoms with Crippen molar-refractivity contribution in [2.75, 3.05) is 33.2 Å². The summed E-state index contributed by atoms with van der Waals surface area (Å²) in [6, 6.07) is 2.41. The van der Waals surface area contributed by atoms with Crippen molar-refractivity contribution in [1.82, 2.24) is 30.3 Å². The van der Waals surface area contributed by atoms with E-state index in [1.165, 1.54) is 12.3 Å². The number of nitrogens with one attached hydrogen (secondary N) is 1. The molecule has 0 bridgehead atoms. The van der Waals surface area contributed by atoms with E-state index in [4.69, 9.17) is 4.42 Å². The Labute approximate surface area is 153 Å². The minimum absolute atomic E-state index is 0.0411. The zero-order valence-electron chi connectivity index (χ0n) is 14.7. The van der Waals surface area contributed by atoms with Crippen LogP contribution >= 0.6 is 0 Å². The quantitative estimate of drug-likeness (QED) is 0.828. The first-order valence-corrected chi connectivity index (χ1v) is 8.37. The molecule has 11 heteroatoms. The lowest BCUT2D eigenvalue weighted by atomic mass is 10.2. The number of amides is 1. The van der Waals surface area contributed by atoms with Gasteiger partial charge in [0.05, 0.1) is 6.54 Å². The minimum atomic E-state index is -4.44. The third-order valence-electron chi connectivity index (χ3n) is 4.16. The molecule has 0 spiro atoms. The molecule has 3 rings (SSSR count). The Morgan fingerprint density at radius 2 is 1.96 bits per heavy atom. The Kier molecular flexibility index (Phi) is 5.71. The van der Waals surface area contributed by atoms with Gasteiger partial charge in [0.2, 0.25) is 5.89 Å². The summed E-state index contributed by atoms with van der Waals surface area (Å²) in [6.45, 7) is 2.97. The fourth-order valence-corrected chi connectivity index (χ4v) is 2.75. The topological polar surface area (TPSA) is 87.4 Å². The molecule has 1 fully saturated rings. The highest BCUT2D eigenvalue weighted by Crippen LogP contribution is 2.27. The summed E-state index contributed by atoms with van der Waals surface area (Å²) in [7, 11) is 1.73. The van der Waals surface area contributed by atoms with Crippen LogP contribution in [0.3, 0.4) is 0 Å². The second-order valence-electron chi connectivity index (χ2n) is 6.15. The van der Waals surface area contributed by atoms with Gasteiger partial charge in [-0.2, -0.15) is 13.2 Å². The molecule has 0 unspecified atom stereocenters. The average molecular weight is 384 g/mol. The number of piperazine rings is 1. The second kappa shape index (κ2) is 8.01. The summed E-state index contributed by atoms with van der Waals surface area (Å²) in [5.74, 6) is -0.0179. The first kappa shape index (κ1) is 19.2. The molecule has 0 aromatic carbocycles. The molecule has 2 aromatic heterocycles. The maximum Gasteiger partial charge on any atom is 0.433 e. The van der Waals surface area contributed by atoms with Crippen LogP contribution in [0.1, 0.15) is 27.8 Å². The fraction of sp³-hybridized carbons (Fsp3) is 0.500. The number of alkyl halides is 3. The van der Waals surface area contributed by atoms with Crippen LogP contribution in [-0.4, -0.2) is 64.1 Å². The zero-order chi connectivity index (χ0) is 19.4. The molecule has 0 radical (unpaired) electrons. The highest BCUT2D eigenvalue weighted by atomic mass is 19.4. The monoisotopic (exact) mass is 384 g/mol. The van der Waals surface area contributed by atoms with Crippen LogP contribution in [0, 0.1) is 0 Å². The van der Waals surface area contributed by atoms with Crippen LogP contribution in [0.5, 0.6) is 0 Å². The Morgan fingerprint density at radius 3 is 2.56 bits per heavy atom. The van der Waals surface area contributed by atoms with Crippen molar-refractivity contribution in [1.29, 1.82) is 0 Å². The summed E-state index contributed by atoms with van der Waals surface area (Å²) in [5.41, 5.74) is -0.213. The summed E-state index contributed by atoms with van der Waals surface area (Å²) >= 11 is 0. The van der Waals surface area contributed by atoms with Crippen LogP contribution in [0.2, 0.25) is 0 Å². The third-order valence-corrected chi connectivity index (χ3v) is 4.16. The molecule has 0 saturated carbocycles. The number of hydrogen-bond acceptors (Lipinski definition) is 7. The van der Waals surface area contributed by atoms with Gasteiger partial charge < -0.3 is 14.6 Å². The van der Waals surface area contributed by atoms with Crippen molar-refractivity contribution in [3.05, 3.63) is 41.4 Å². The molecule has 3 heterocycles. The summed E-state index contributed by atoms with van der Waals surface area (Å²) in [5, 5.41) is 10.4. The number of carbonyl (C=O) groups is 1. The lowest BCUT2D eigenvalue weighted by Crippen LogP contribution is -2.48. The van der Waals surface area contributed by atoms with E-state index in [9.17, 15) is 18.0 Å². The van der Waals surface area contributed by atoms with E-state index < -0.39 is 11.9 Å². The predicted octanol–water partition coefficient (Wildman–Crippen LogP) is 1.16. The van der Waals surface area contributed by atoms with Gasteiger partial charge in [-0.1, -0.05) is 6.07 Å². The van der Waals surface area contributed by atoms with Crippen LogP contribution in [0.15, 0.2) is 22.7 Å². The molecule has 8 nitrogen and oxygen atoms in total. The minimum Gasteiger partial charge on any atom is -0.415 e. The zero-order valence-corrected chi connectivity index (χ0v) is 14.7. The standard InChI is InChI=1S/C16H19F3N6O2/c1-20-9-13-22-23-14(27-13)15(26)25-6-4-24(5-7-25)10-11-2-3-12(21-8-11)16(17,18)19/h2-3,8,20H,4-7,9-10H2,1H3. The van der Waals surface area contributed by atoms with Gasteiger partial charge in [-0.15, -0.1) is 10.2 Å². The van der Waals surface area contributed by atoms with Crippen LogP contribution in [-0.2, 0) is 19.3 Å². The summed E-state index contributed by atoms with van der Waals surface area (Å²) in [6.07, 6.45) is -3.20. The number of pyridine rings is 1.